The topological polar surface area (TPSA) is 26.3 Å². The number of rotatable bonds is 5. The first-order valence-electron chi connectivity index (χ1n) is 7.14. The van der Waals surface area contributed by atoms with Gasteiger partial charge in [0.25, 0.3) is 0 Å². The van der Waals surface area contributed by atoms with E-state index in [4.69, 9.17) is 4.74 Å². The van der Waals surface area contributed by atoms with Crippen molar-refractivity contribution >= 4 is 5.97 Å². The summed E-state index contributed by atoms with van der Waals surface area (Å²) in [6, 6.07) is 0. The van der Waals surface area contributed by atoms with Gasteiger partial charge in [-0.05, 0) is 31.6 Å². The van der Waals surface area contributed by atoms with Gasteiger partial charge in [-0.1, -0.05) is 46.0 Å². The van der Waals surface area contributed by atoms with E-state index in [1.807, 2.05) is 0 Å². The predicted molar refractivity (Wildman–Crippen MR) is 70.8 cm³/mol. The molecule has 0 amide bonds. The molecule has 0 spiro atoms. The summed E-state index contributed by atoms with van der Waals surface area (Å²) in [7, 11) is 1.52. The quantitative estimate of drug-likeness (QED) is 0.532. The van der Waals surface area contributed by atoms with Crippen molar-refractivity contribution in [2.75, 3.05) is 7.11 Å². The molecule has 0 saturated heterocycles. The average Bonchev–Trinajstić information content (AvgIpc) is 2.32. The minimum absolute atomic E-state index is 0.00514. The zero-order valence-electron chi connectivity index (χ0n) is 11.9. The maximum absolute atomic E-state index is 12.1. The van der Waals surface area contributed by atoms with Crippen molar-refractivity contribution in [3.63, 3.8) is 0 Å². The zero-order valence-corrected chi connectivity index (χ0v) is 11.9. The van der Waals surface area contributed by atoms with E-state index < -0.39 is 0 Å². The lowest BCUT2D eigenvalue weighted by Crippen LogP contribution is -2.43. The molecule has 0 aromatic heterocycles. The number of carbonyl (C=O) groups excluding carboxylic acids is 1. The molecule has 100 valence electrons. The lowest BCUT2D eigenvalue weighted by atomic mass is 9.61. The van der Waals surface area contributed by atoms with E-state index in [1.165, 1.54) is 39.2 Å². The van der Waals surface area contributed by atoms with Crippen molar-refractivity contribution in [3.05, 3.63) is 0 Å². The van der Waals surface area contributed by atoms with Crippen LogP contribution in [0.3, 0.4) is 0 Å². The Hall–Kier alpha value is -0.530. The fourth-order valence-corrected chi connectivity index (χ4v) is 3.51. The van der Waals surface area contributed by atoms with E-state index in [0.29, 0.717) is 11.8 Å². The van der Waals surface area contributed by atoms with Gasteiger partial charge in [-0.3, -0.25) is 4.79 Å². The van der Waals surface area contributed by atoms with Crippen LogP contribution in [0.2, 0.25) is 0 Å². The Labute approximate surface area is 106 Å². The molecule has 0 aromatic rings. The zero-order chi connectivity index (χ0) is 12.9. The first-order valence-corrected chi connectivity index (χ1v) is 7.14. The van der Waals surface area contributed by atoms with Crippen LogP contribution in [-0.4, -0.2) is 13.1 Å². The number of hydrogen-bond donors (Lipinski definition) is 0. The molecule has 2 unspecified atom stereocenters. The highest BCUT2D eigenvalue weighted by atomic mass is 16.5. The lowest BCUT2D eigenvalue weighted by molar-refractivity contribution is -0.159. The predicted octanol–water partition coefficient (Wildman–Crippen LogP) is 4.18. The maximum atomic E-state index is 12.1. The highest BCUT2D eigenvalue weighted by molar-refractivity contribution is 5.76. The van der Waals surface area contributed by atoms with Crippen LogP contribution in [0.15, 0.2) is 0 Å². The minimum Gasteiger partial charge on any atom is -0.469 e. The third kappa shape index (κ3) is 3.23. The van der Waals surface area contributed by atoms with Gasteiger partial charge in [0.1, 0.15) is 0 Å². The van der Waals surface area contributed by atoms with Crippen LogP contribution in [0.25, 0.3) is 0 Å². The number of methoxy groups -OCH3 is 1. The Kier molecular flexibility index (Phi) is 5.48. The van der Waals surface area contributed by atoms with Gasteiger partial charge in [-0.15, -0.1) is 0 Å². The summed E-state index contributed by atoms with van der Waals surface area (Å²) in [4.78, 5) is 12.1. The van der Waals surface area contributed by atoms with Crippen molar-refractivity contribution in [1.29, 1.82) is 0 Å². The number of esters is 1. The second-order valence-electron chi connectivity index (χ2n) is 5.88. The fraction of sp³-hybridized carbons (Fsp3) is 0.933. The molecular formula is C15H28O2. The second-order valence-corrected chi connectivity index (χ2v) is 5.88. The molecule has 0 aliphatic heterocycles. The Balaban J connectivity index is 2.72. The van der Waals surface area contributed by atoms with Gasteiger partial charge in [-0.25, -0.2) is 0 Å². The summed E-state index contributed by atoms with van der Waals surface area (Å²) in [5, 5.41) is 0. The van der Waals surface area contributed by atoms with E-state index in [2.05, 4.69) is 20.8 Å². The molecule has 17 heavy (non-hydrogen) atoms. The van der Waals surface area contributed by atoms with Crippen molar-refractivity contribution in [3.8, 4) is 0 Å². The van der Waals surface area contributed by atoms with Gasteiger partial charge in [-0.2, -0.15) is 0 Å². The molecule has 1 fully saturated rings. The largest absolute Gasteiger partial charge is 0.469 e. The van der Waals surface area contributed by atoms with Gasteiger partial charge >= 0.3 is 5.97 Å². The first-order chi connectivity index (χ1) is 8.06. The van der Waals surface area contributed by atoms with Crippen LogP contribution < -0.4 is 0 Å². The third-order valence-corrected chi connectivity index (χ3v) is 4.63. The summed E-state index contributed by atoms with van der Waals surface area (Å²) < 4.78 is 5.04. The molecule has 0 bridgehead atoms. The summed E-state index contributed by atoms with van der Waals surface area (Å²) >= 11 is 0. The Morgan fingerprint density at radius 2 is 2.12 bits per heavy atom. The number of unbranched alkanes of at least 4 members (excludes halogenated alkanes) is 2. The molecule has 2 heteroatoms. The molecule has 0 radical (unpaired) electrons. The Morgan fingerprint density at radius 1 is 1.41 bits per heavy atom. The highest BCUT2D eigenvalue weighted by Crippen LogP contribution is 2.47. The average molecular weight is 240 g/mol. The monoisotopic (exact) mass is 240 g/mol. The smallest absolute Gasteiger partial charge is 0.311 e. The Morgan fingerprint density at radius 3 is 2.71 bits per heavy atom. The van der Waals surface area contributed by atoms with Gasteiger partial charge in [0, 0.05) is 0 Å². The van der Waals surface area contributed by atoms with Crippen molar-refractivity contribution in [2.24, 2.45) is 17.3 Å². The number of hydrogen-bond acceptors (Lipinski definition) is 2. The maximum Gasteiger partial charge on any atom is 0.311 e. The number of ether oxygens (including phenoxy) is 1. The molecule has 2 nitrogen and oxygen atoms in total. The van der Waals surface area contributed by atoms with E-state index in [0.717, 1.165) is 12.8 Å². The normalized spacial score (nSPS) is 33.4. The molecule has 1 aliphatic carbocycles. The van der Waals surface area contributed by atoms with Crippen molar-refractivity contribution in [1.82, 2.24) is 0 Å². The van der Waals surface area contributed by atoms with Gasteiger partial charge in [0.15, 0.2) is 0 Å². The molecule has 0 N–H and O–H groups in total. The molecule has 1 rings (SSSR count). The summed E-state index contributed by atoms with van der Waals surface area (Å²) in [5.74, 6) is 1.17. The Bertz CT molecular complexity index is 249. The van der Waals surface area contributed by atoms with Crippen LogP contribution in [-0.2, 0) is 9.53 Å². The molecule has 3 atom stereocenters. The summed E-state index contributed by atoms with van der Waals surface area (Å²) in [6.45, 7) is 6.64. The second kappa shape index (κ2) is 6.42. The molecule has 0 aromatic carbocycles. The van der Waals surface area contributed by atoms with Crippen LogP contribution in [0, 0.1) is 17.3 Å². The van der Waals surface area contributed by atoms with E-state index in [-0.39, 0.29) is 11.4 Å². The van der Waals surface area contributed by atoms with Gasteiger partial charge in [0.05, 0.1) is 12.5 Å². The highest BCUT2D eigenvalue weighted by Gasteiger charge is 2.46. The van der Waals surface area contributed by atoms with Gasteiger partial charge < -0.3 is 4.74 Å². The van der Waals surface area contributed by atoms with Crippen LogP contribution in [0.5, 0.6) is 0 Å². The SMILES string of the molecule is CCCCC[C@H]1C(C)CCCC1(C)C(=O)OC. The minimum atomic E-state index is -0.236. The van der Waals surface area contributed by atoms with Crippen LogP contribution in [0.4, 0.5) is 0 Å². The lowest BCUT2D eigenvalue weighted by Gasteiger charge is -2.43. The fourth-order valence-electron chi connectivity index (χ4n) is 3.51. The summed E-state index contributed by atoms with van der Waals surface area (Å²) in [5.41, 5.74) is -0.236. The molecule has 1 aliphatic rings. The van der Waals surface area contributed by atoms with E-state index in [9.17, 15) is 4.79 Å². The molecular weight excluding hydrogens is 212 g/mol. The van der Waals surface area contributed by atoms with Crippen LogP contribution in [0.1, 0.15) is 65.7 Å². The van der Waals surface area contributed by atoms with Crippen molar-refractivity contribution < 1.29 is 9.53 Å². The summed E-state index contributed by atoms with van der Waals surface area (Å²) in [6.07, 6.45) is 8.39. The molecule has 0 heterocycles. The third-order valence-electron chi connectivity index (χ3n) is 4.63. The number of carbonyl (C=O) groups is 1. The molecule has 1 saturated carbocycles. The van der Waals surface area contributed by atoms with E-state index in [1.54, 1.807) is 0 Å². The van der Waals surface area contributed by atoms with E-state index >= 15 is 0 Å². The standard InChI is InChI=1S/C15H28O2/c1-5-6-7-10-13-12(2)9-8-11-15(13,3)14(16)17-4/h12-13H,5-11H2,1-4H3/t12?,13-,15?/m0/s1. The first kappa shape index (κ1) is 14.5. The van der Waals surface area contributed by atoms with Crippen molar-refractivity contribution in [2.45, 2.75) is 65.7 Å². The van der Waals surface area contributed by atoms with Crippen LogP contribution >= 0.6 is 0 Å². The van der Waals surface area contributed by atoms with Gasteiger partial charge in [0.2, 0.25) is 0 Å².